The summed E-state index contributed by atoms with van der Waals surface area (Å²) in [7, 11) is 0.138. The van der Waals surface area contributed by atoms with E-state index in [-0.39, 0.29) is 23.2 Å². The highest BCUT2D eigenvalue weighted by atomic mass is 32.2. The number of nitrogens with zero attached hydrogens (tertiary/aromatic N) is 2. The molecule has 2 N–H and O–H groups in total. The summed E-state index contributed by atoms with van der Waals surface area (Å²) in [5.74, 6) is 0. The van der Waals surface area contributed by atoms with E-state index in [4.69, 9.17) is 4.74 Å². The molecule has 0 saturated carbocycles. The molecule has 160 valence electrons. The summed E-state index contributed by atoms with van der Waals surface area (Å²) in [6, 6.07) is 12.5. The van der Waals surface area contributed by atoms with Crippen molar-refractivity contribution in [1.29, 1.82) is 0 Å². The van der Waals surface area contributed by atoms with Gasteiger partial charge in [-0.3, -0.25) is 0 Å². The number of fused-ring (bicyclic) bond motifs is 1. The minimum Gasteiger partial charge on any atom is -0.378 e. The van der Waals surface area contributed by atoms with E-state index in [1.54, 1.807) is 6.07 Å². The molecule has 2 aromatic carbocycles. The fraction of sp³-hybridized carbons (Fsp3) is 0.381. The number of nitrogens with one attached hydrogen (secondary N) is 2. The second-order valence-electron chi connectivity index (χ2n) is 7.78. The summed E-state index contributed by atoms with van der Waals surface area (Å²) >= 11 is 0. The van der Waals surface area contributed by atoms with Crippen LogP contribution in [-0.4, -0.2) is 56.0 Å². The average Bonchev–Trinajstić information content (AvgIpc) is 3.35. The van der Waals surface area contributed by atoms with Crippen molar-refractivity contribution in [2.45, 2.75) is 30.4 Å². The van der Waals surface area contributed by atoms with Gasteiger partial charge in [-0.25, -0.2) is 13.2 Å². The Kier molecular flexibility index (Phi) is 5.68. The van der Waals surface area contributed by atoms with Crippen LogP contribution in [0.15, 0.2) is 52.2 Å². The van der Waals surface area contributed by atoms with E-state index in [9.17, 15) is 13.2 Å². The maximum absolute atomic E-state index is 13.5. The number of sulfonamides is 1. The van der Waals surface area contributed by atoms with Gasteiger partial charge >= 0.3 is 5.69 Å². The van der Waals surface area contributed by atoms with Crippen molar-refractivity contribution in [3.05, 3.63) is 58.5 Å². The fourth-order valence-corrected chi connectivity index (χ4v) is 5.17. The van der Waals surface area contributed by atoms with Crippen LogP contribution in [0.5, 0.6) is 0 Å². The number of aromatic amines is 2. The molecule has 2 heterocycles. The highest BCUT2D eigenvalue weighted by molar-refractivity contribution is 7.89. The minimum absolute atomic E-state index is 0.114. The molecule has 1 aliphatic rings. The van der Waals surface area contributed by atoms with Gasteiger partial charge in [-0.15, -0.1) is 0 Å². The topological polar surface area (TPSA) is 98.5 Å². The SMILES string of the molecule is CN(C)c1ccc(CN(CC2CCCO2)S(=O)(=O)c2ccc3[nH]c(=O)[nH]c3c2)cc1. The van der Waals surface area contributed by atoms with Gasteiger partial charge in [0.25, 0.3) is 0 Å². The Labute approximate surface area is 175 Å². The molecule has 1 aromatic heterocycles. The number of benzene rings is 2. The zero-order valence-electron chi connectivity index (χ0n) is 17.1. The highest BCUT2D eigenvalue weighted by Crippen LogP contribution is 2.24. The molecule has 0 amide bonds. The van der Waals surface area contributed by atoms with Crippen LogP contribution in [0.4, 0.5) is 5.69 Å². The van der Waals surface area contributed by atoms with E-state index in [1.165, 1.54) is 16.4 Å². The van der Waals surface area contributed by atoms with E-state index >= 15 is 0 Å². The molecular weight excluding hydrogens is 404 g/mol. The van der Waals surface area contributed by atoms with Crippen molar-refractivity contribution >= 4 is 26.7 Å². The largest absolute Gasteiger partial charge is 0.378 e. The van der Waals surface area contributed by atoms with E-state index in [1.807, 2.05) is 43.3 Å². The summed E-state index contributed by atoms with van der Waals surface area (Å²) in [6.07, 6.45) is 1.67. The van der Waals surface area contributed by atoms with Crippen molar-refractivity contribution < 1.29 is 13.2 Å². The molecule has 1 unspecified atom stereocenters. The lowest BCUT2D eigenvalue weighted by Gasteiger charge is -2.25. The van der Waals surface area contributed by atoms with E-state index < -0.39 is 10.0 Å². The van der Waals surface area contributed by atoms with Gasteiger partial charge in [0, 0.05) is 39.5 Å². The second-order valence-corrected chi connectivity index (χ2v) is 9.72. The van der Waals surface area contributed by atoms with Crippen molar-refractivity contribution in [2.75, 3.05) is 32.1 Å². The van der Waals surface area contributed by atoms with E-state index in [2.05, 4.69) is 9.97 Å². The molecular formula is C21H26N4O4S. The second kappa shape index (κ2) is 8.25. The monoisotopic (exact) mass is 430 g/mol. The Balaban J connectivity index is 1.66. The third kappa shape index (κ3) is 4.28. The Morgan fingerprint density at radius 3 is 2.47 bits per heavy atom. The molecule has 1 aliphatic heterocycles. The van der Waals surface area contributed by atoms with Gasteiger partial charge in [-0.05, 0) is 48.7 Å². The van der Waals surface area contributed by atoms with Crippen LogP contribution >= 0.6 is 0 Å². The number of aromatic nitrogens is 2. The van der Waals surface area contributed by atoms with Gasteiger partial charge in [-0.1, -0.05) is 12.1 Å². The van der Waals surface area contributed by atoms with Crippen LogP contribution in [-0.2, 0) is 21.3 Å². The van der Waals surface area contributed by atoms with Crippen molar-refractivity contribution in [2.24, 2.45) is 0 Å². The first kappa shape index (κ1) is 20.6. The Hall–Kier alpha value is -2.62. The zero-order valence-corrected chi connectivity index (χ0v) is 17.9. The molecule has 1 fully saturated rings. The van der Waals surface area contributed by atoms with Gasteiger partial charge in [0.2, 0.25) is 10.0 Å². The van der Waals surface area contributed by atoms with Crippen molar-refractivity contribution in [3.63, 3.8) is 0 Å². The lowest BCUT2D eigenvalue weighted by atomic mass is 10.2. The molecule has 0 radical (unpaired) electrons. The summed E-state index contributed by atoms with van der Waals surface area (Å²) in [6.45, 7) is 1.20. The quantitative estimate of drug-likeness (QED) is 0.599. The van der Waals surface area contributed by atoms with Crippen LogP contribution in [0, 0.1) is 0 Å². The number of hydrogen-bond donors (Lipinski definition) is 2. The van der Waals surface area contributed by atoms with E-state index in [0.29, 0.717) is 24.2 Å². The summed E-state index contributed by atoms with van der Waals surface area (Å²) in [5, 5.41) is 0. The Bertz CT molecular complexity index is 1180. The highest BCUT2D eigenvalue weighted by Gasteiger charge is 2.29. The van der Waals surface area contributed by atoms with Crippen LogP contribution in [0.25, 0.3) is 11.0 Å². The molecule has 0 aliphatic carbocycles. The number of rotatable bonds is 7. The number of ether oxygens (including phenoxy) is 1. The van der Waals surface area contributed by atoms with Gasteiger partial charge in [0.05, 0.1) is 22.0 Å². The summed E-state index contributed by atoms with van der Waals surface area (Å²) in [4.78, 5) is 18.9. The van der Waals surface area contributed by atoms with Gasteiger partial charge in [0.15, 0.2) is 0 Å². The van der Waals surface area contributed by atoms with Gasteiger partial charge in [0.1, 0.15) is 0 Å². The number of anilines is 1. The molecule has 30 heavy (non-hydrogen) atoms. The van der Waals surface area contributed by atoms with Gasteiger partial charge in [-0.2, -0.15) is 4.31 Å². The zero-order chi connectivity index (χ0) is 21.3. The van der Waals surface area contributed by atoms with Crippen LogP contribution in [0.2, 0.25) is 0 Å². The summed E-state index contributed by atoms with van der Waals surface area (Å²) in [5.41, 5.74) is 2.63. The maximum atomic E-state index is 13.5. The Morgan fingerprint density at radius 1 is 1.07 bits per heavy atom. The molecule has 1 saturated heterocycles. The lowest BCUT2D eigenvalue weighted by molar-refractivity contribution is 0.0926. The standard InChI is InChI=1S/C21H26N4O4S/c1-24(2)16-7-5-15(6-8-16)13-25(14-17-4-3-11-29-17)30(27,28)18-9-10-19-20(12-18)23-21(26)22-19/h5-10,12,17H,3-4,11,13-14H2,1-2H3,(H2,22,23,26). The van der Waals surface area contributed by atoms with E-state index in [0.717, 1.165) is 24.1 Å². The van der Waals surface area contributed by atoms with Crippen LogP contribution in [0.1, 0.15) is 18.4 Å². The number of H-pyrrole nitrogens is 2. The molecule has 0 bridgehead atoms. The third-order valence-corrected chi connectivity index (χ3v) is 7.18. The van der Waals surface area contributed by atoms with Gasteiger partial charge < -0.3 is 19.6 Å². The van der Waals surface area contributed by atoms with Crippen LogP contribution in [0.3, 0.4) is 0 Å². The smallest absolute Gasteiger partial charge is 0.323 e. The third-order valence-electron chi connectivity index (χ3n) is 5.37. The Morgan fingerprint density at radius 2 is 1.80 bits per heavy atom. The normalized spacial score (nSPS) is 17.1. The predicted octanol–water partition coefficient (Wildman–Crippen LogP) is 2.29. The molecule has 9 heteroatoms. The number of imidazole rings is 1. The molecule has 1 atom stereocenters. The van der Waals surface area contributed by atoms with Crippen LogP contribution < -0.4 is 10.6 Å². The van der Waals surface area contributed by atoms with Crippen molar-refractivity contribution in [1.82, 2.24) is 14.3 Å². The average molecular weight is 431 g/mol. The maximum Gasteiger partial charge on any atom is 0.323 e. The molecule has 3 aromatic rings. The molecule has 8 nitrogen and oxygen atoms in total. The van der Waals surface area contributed by atoms with Crippen molar-refractivity contribution in [3.8, 4) is 0 Å². The first-order valence-electron chi connectivity index (χ1n) is 9.93. The first-order chi connectivity index (χ1) is 14.3. The molecule has 4 rings (SSSR count). The minimum atomic E-state index is -3.79. The predicted molar refractivity (Wildman–Crippen MR) is 116 cm³/mol. The lowest BCUT2D eigenvalue weighted by Crippen LogP contribution is -2.37. The first-order valence-corrected chi connectivity index (χ1v) is 11.4. The number of hydrogen-bond acceptors (Lipinski definition) is 5. The fourth-order valence-electron chi connectivity index (χ4n) is 3.69. The molecule has 0 spiro atoms. The summed E-state index contributed by atoms with van der Waals surface area (Å²) < 4.78 is 34.2.